The number of nitrogens with zero attached hydrogens (tertiary/aromatic N) is 2. The molecule has 19 heavy (non-hydrogen) atoms. The molecule has 0 bridgehead atoms. The standard InChI is InChI=1S/C14H19ClN2OS/c1-2-3-4-5-6-7-9-18-12-11-8-10-19-13(11)17-14(15)16-12/h8,10H,2-7,9H2,1H3. The van der Waals surface area contributed by atoms with Crippen LogP contribution in [0.15, 0.2) is 11.4 Å². The number of fused-ring (bicyclic) bond motifs is 1. The average molecular weight is 299 g/mol. The lowest BCUT2D eigenvalue weighted by Crippen LogP contribution is -2.00. The summed E-state index contributed by atoms with van der Waals surface area (Å²) in [5.41, 5.74) is 0. The molecule has 2 heterocycles. The van der Waals surface area contributed by atoms with Gasteiger partial charge in [-0.3, -0.25) is 0 Å². The van der Waals surface area contributed by atoms with Gasteiger partial charge in [0.2, 0.25) is 11.2 Å². The molecular formula is C14H19ClN2OS. The Morgan fingerprint density at radius 3 is 2.79 bits per heavy atom. The van der Waals surface area contributed by atoms with Crippen LogP contribution in [0.5, 0.6) is 5.88 Å². The van der Waals surface area contributed by atoms with Gasteiger partial charge >= 0.3 is 0 Å². The van der Waals surface area contributed by atoms with Crippen molar-refractivity contribution in [2.75, 3.05) is 6.61 Å². The lowest BCUT2D eigenvalue weighted by Gasteiger charge is -2.06. The largest absolute Gasteiger partial charge is 0.477 e. The fraction of sp³-hybridized carbons (Fsp3) is 0.571. The van der Waals surface area contributed by atoms with Gasteiger partial charge in [0.15, 0.2) is 0 Å². The van der Waals surface area contributed by atoms with Crippen molar-refractivity contribution in [1.82, 2.24) is 9.97 Å². The van der Waals surface area contributed by atoms with Gasteiger partial charge < -0.3 is 4.74 Å². The molecule has 0 fully saturated rings. The highest BCUT2D eigenvalue weighted by atomic mass is 35.5. The van der Waals surface area contributed by atoms with Gasteiger partial charge in [0.05, 0.1) is 12.0 Å². The molecule has 2 aromatic rings. The first-order valence-corrected chi connectivity index (χ1v) is 8.10. The molecule has 0 saturated carbocycles. The Bertz CT molecular complexity index is 515. The van der Waals surface area contributed by atoms with Crippen molar-refractivity contribution in [1.29, 1.82) is 0 Å². The van der Waals surface area contributed by atoms with Crippen LogP contribution in [0.4, 0.5) is 0 Å². The summed E-state index contributed by atoms with van der Waals surface area (Å²) in [4.78, 5) is 9.21. The smallest absolute Gasteiger partial charge is 0.227 e. The Morgan fingerprint density at radius 1 is 1.16 bits per heavy atom. The monoisotopic (exact) mass is 298 g/mol. The summed E-state index contributed by atoms with van der Waals surface area (Å²) in [5.74, 6) is 0.616. The van der Waals surface area contributed by atoms with Crippen molar-refractivity contribution in [3.8, 4) is 5.88 Å². The Balaban J connectivity index is 1.79. The topological polar surface area (TPSA) is 35.0 Å². The lowest BCUT2D eigenvalue weighted by molar-refractivity contribution is 0.297. The molecule has 0 aliphatic rings. The molecule has 0 atom stereocenters. The van der Waals surface area contributed by atoms with E-state index in [0.29, 0.717) is 12.5 Å². The van der Waals surface area contributed by atoms with Crippen LogP contribution < -0.4 is 4.74 Å². The van der Waals surface area contributed by atoms with Gasteiger partial charge in [-0.25, -0.2) is 4.98 Å². The van der Waals surface area contributed by atoms with Crippen LogP contribution in [-0.4, -0.2) is 16.6 Å². The predicted octanol–water partition coefficient (Wildman–Crippen LogP) is 5.08. The Kier molecular flexibility index (Phi) is 5.86. The Labute approximate surface area is 123 Å². The van der Waals surface area contributed by atoms with Gasteiger partial charge in [0, 0.05) is 0 Å². The lowest BCUT2D eigenvalue weighted by atomic mass is 10.1. The Hall–Kier alpha value is -0.870. The molecule has 3 nitrogen and oxygen atoms in total. The second-order valence-corrected chi connectivity index (χ2v) is 5.79. The van der Waals surface area contributed by atoms with Crippen molar-refractivity contribution >= 4 is 33.2 Å². The van der Waals surface area contributed by atoms with E-state index >= 15 is 0 Å². The molecule has 0 spiro atoms. The summed E-state index contributed by atoms with van der Waals surface area (Å²) < 4.78 is 5.74. The third-order valence-electron chi connectivity index (χ3n) is 3.00. The summed E-state index contributed by atoms with van der Waals surface area (Å²) in [6, 6.07) is 1.98. The minimum atomic E-state index is 0.257. The predicted molar refractivity (Wildman–Crippen MR) is 81.3 cm³/mol. The molecular weight excluding hydrogens is 280 g/mol. The SMILES string of the molecule is CCCCCCCCOc1nc(Cl)nc2sccc12. The van der Waals surface area contributed by atoms with E-state index in [1.165, 1.54) is 32.1 Å². The maximum atomic E-state index is 5.88. The summed E-state index contributed by atoms with van der Waals surface area (Å²) in [5, 5.41) is 3.20. The quantitative estimate of drug-likeness (QED) is 0.503. The molecule has 0 aromatic carbocycles. The van der Waals surface area contributed by atoms with Gasteiger partial charge in [-0.15, -0.1) is 11.3 Å². The van der Waals surface area contributed by atoms with Gasteiger partial charge in [0.25, 0.3) is 0 Å². The van der Waals surface area contributed by atoms with Gasteiger partial charge in [-0.2, -0.15) is 4.98 Å². The molecule has 5 heteroatoms. The summed E-state index contributed by atoms with van der Waals surface area (Å²) in [7, 11) is 0. The second-order valence-electron chi connectivity index (χ2n) is 4.55. The van der Waals surface area contributed by atoms with Crippen molar-refractivity contribution in [3.05, 3.63) is 16.7 Å². The van der Waals surface area contributed by atoms with Gasteiger partial charge in [0.1, 0.15) is 4.83 Å². The van der Waals surface area contributed by atoms with Crippen LogP contribution in [0, 0.1) is 0 Å². The van der Waals surface area contributed by atoms with Crippen LogP contribution in [0.2, 0.25) is 5.28 Å². The van der Waals surface area contributed by atoms with Crippen LogP contribution in [-0.2, 0) is 0 Å². The normalized spacial score (nSPS) is 11.1. The minimum Gasteiger partial charge on any atom is -0.477 e. The van der Waals surface area contributed by atoms with E-state index in [1.54, 1.807) is 11.3 Å². The first kappa shape index (κ1) is 14.5. The second kappa shape index (κ2) is 7.65. The van der Waals surface area contributed by atoms with Crippen molar-refractivity contribution < 1.29 is 4.74 Å². The molecule has 0 unspecified atom stereocenters. The van der Waals surface area contributed by atoms with E-state index in [2.05, 4.69) is 16.9 Å². The first-order chi connectivity index (χ1) is 9.31. The fourth-order valence-electron chi connectivity index (χ4n) is 1.96. The van der Waals surface area contributed by atoms with Crippen LogP contribution in [0.25, 0.3) is 10.2 Å². The molecule has 0 aliphatic carbocycles. The number of unbranched alkanes of at least 4 members (excludes halogenated alkanes) is 5. The molecule has 104 valence electrons. The zero-order valence-electron chi connectivity index (χ0n) is 11.2. The molecule has 0 aliphatic heterocycles. The molecule has 2 aromatic heterocycles. The molecule has 2 rings (SSSR count). The summed E-state index contributed by atoms with van der Waals surface area (Å²) in [6.07, 6.45) is 7.51. The average Bonchev–Trinajstić information content (AvgIpc) is 2.85. The molecule has 0 radical (unpaired) electrons. The highest BCUT2D eigenvalue weighted by molar-refractivity contribution is 7.16. The van der Waals surface area contributed by atoms with E-state index in [1.807, 2.05) is 11.4 Å². The number of aromatic nitrogens is 2. The highest BCUT2D eigenvalue weighted by Crippen LogP contribution is 2.28. The minimum absolute atomic E-state index is 0.257. The molecule has 0 amide bonds. The molecule has 0 saturated heterocycles. The number of halogens is 1. The third kappa shape index (κ3) is 4.32. The maximum absolute atomic E-state index is 5.88. The van der Waals surface area contributed by atoms with E-state index < -0.39 is 0 Å². The van der Waals surface area contributed by atoms with Crippen LogP contribution in [0.3, 0.4) is 0 Å². The summed E-state index contributed by atoms with van der Waals surface area (Å²) in [6.45, 7) is 2.93. The van der Waals surface area contributed by atoms with Crippen molar-refractivity contribution in [2.24, 2.45) is 0 Å². The van der Waals surface area contributed by atoms with Crippen LogP contribution >= 0.6 is 22.9 Å². The van der Waals surface area contributed by atoms with E-state index in [4.69, 9.17) is 16.3 Å². The van der Waals surface area contributed by atoms with Gasteiger partial charge in [-0.05, 0) is 29.5 Å². The molecule has 0 N–H and O–H groups in total. The zero-order chi connectivity index (χ0) is 13.5. The van der Waals surface area contributed by atoms with Crippen LogP contribution in [0.1, 0.15) is 45.4 Å². The number of thiophene rings is 1. The number of ether oxygens (including phenoxy) is 1. The van der Waals surface area contributed by atoms with E-state index in [0.717, 1.165) is 16.6 Å². The number of hydrogen-bond donors (Lipinski definition) is 0. The fourth-order valence-corrected chi connectivity index (χ4v) is 2.93. The zero-order valence-corrected chi connectivity index (χ0v) is 12.8. The number of hydrogen-bond acceptors (Lipinski definition) is 4. The van der Waals surface area contributed by atoms with Gasteiger partial charge in [-0.1, -0.05) is 39.0 Å². The maximum Gasteiger partial charge on any atom is 0.227 e. The van der Waals surface area contributed by atoms with E-state index in [-0.39, 0.29) is 5.28 Å². The third-order valence-corrected chi connectivity index (χ3v) is 3.98. The number of rotatable bonds is 8. The van der Waals surface area contributed by atoms with Crippen molar-refractivity contribution in [3.63, 3.8) is 0 Å². The Morgan fingerprint density at radius 2 is 1.95 bits per heavy atom. The summed E-state index contributed by atoms with van der Waals surface area (Å²) >= 11 is 7.44. The van der Waals surface area contributed by atoms with Crippen molar-refractivity contribution in [2.45, 2.75) is 45.4 Å². The highest BCUT2D eigenvalue weighted by Gasteiger charge is 2.08. The first-order valence-electron chi connectivity index (χ1n) is 6.85. The van der Waals surface area contributed by atoms with E-state index in [9.17, 15) is 0 Å².